The Morgan fingerprint density at radius 3 is 1.71 bits per heavy atom. The van der Waals surface area contributed by atoms with Crippen LogP contribution >= 0.6 is 35.0 Å². The molecule has 35 heavy (non-hydrogen) atoms. The zero-order valence-corrected chi connectivity index (χ0v) is 21.5. The van der Waals surface area contributed by atoms with Gasteiger partial charge in [0.05, 0.1) is 16.7 Å². The van der Waals surface area contributed by atoms with Crippen molar-refractivity contribution in [3.8, 4) is 0 Å². The molecule has 5 rings (SSSR count). The second-order valence-electron chi connectivity index (χ2n) is 8.13. The number of pyridine rings is 1. The first-order valence-corrected chi connectivity index (χ1v) is 13.4. The number of fused-ring (bicyclic) bond motifs is 2. The topological polar surface area (TPSA) is 28.2 Å². The van der Waals surface area contributed by atoms with Crippen LogP contribution in [0.15, 0.2) is 107 Å². The molecule has 5 aromatic rings. The van der Waals surface area contributed by atoms with E-state index >= 15 is 0 Å². The Hall–Kier alpha value is -2.92. The summed E-state index contributed by atoms with van der Waals surface area (Å²) in [6.07, 6.45) is 0. The molecule has 0 radical (unpaired) electrons. The maximum Gasteiger partial charge on any atom is 0.0730 e. The van der Waals surface area contributed by atoms with Gasteiger partial charge in [0.15, 0.2) is 0 Å². The predicted octanol–water partition coefficient (Wildman–Crippen LogP) is 8.57. The van der Waals surface area contributed by atoms with Gasteiger partial charge >= 0.3 is 0 Å². The maximum atomic E-state index is 5.94. The van der Waals surface area contributed by atoms with Gasteiger partial charge in [0, 0.05) is 56.8 Å². The van der Waals surface area contributed by atoms with Crippen LogP contribution in [0.3, 0.4) is 0 Å². The van der Waals surface area contributed by atoms with Gasteiger partial charge in [0.1, 0.15) is 0 Å². The number of anilines is 3. The van der Waals surface area contributed by atoms with E-state index in [0.717, 1.165) is 52.0 Å². The zero-order valence-electron chi connectivity index (χ0n) is 19.1. The zero-order chi connectivity index (χ0) is 24.0. The fourth-order valence-electron chi connectivity index (χ4n) is 4.16. The van der Waals surface area contributed by atoms with Crippen molar-refractivity contribution in [1.29, 1.82) is 0 Å². The van der Waals surface area contributed by atoms with Crippen LogP contribution in [0.5, 0.6) is 0 Å². The number of alkyl halides is 2. The highest BCUT2D eigenvalue weighted by Gasteiger charge is 2.10. The van der Waals surface area contributed by atoms with Crippen molar-refractivity contribution >= 4 is 73.8 Å². The first kappa shape index (κ1) is 23.8. The fourth-order valence-corrected chi connectivity index (χ4v) is 5.38. The van der Waals surface area contributed by atoms with Gasteiger partial charge in [-0.15, -0.1) is 23.2 Å². The fraction of sp³-hybridized carbons (Fsp3) is 0.138. The monoisotopic (exact) mass is 517 g/mol. The largest absolute Gasteiger partial charge is 0.369 e. The molecule has 0 saturated carbocycles. The third-order valence-electron chi connectivity index (χ3n) is 5.86. The Bertz CT molecular complexity index is 1360. The minimum absolute atomic E-state index is 0.582. The average molecular weight is 519 g/mol. The lowest BCUT2D eigenvalue weighted by atomic mass is 10.1. The van der Waals surface area contributed by atoms with Crippen molar-refractivity contribution in [2.75, 3.05) is 35.1 Å². The summed E-state index contributed by atoms with van der Waals surface area (Å²) in [5, 5.41) is 5.87. The van der Waals surface area contributed by atoms with Crippen molar-refractivity contribution in [2.45, 2.75) is 9.79 Å². The molecule has 0 atom stereocenters. The summed E-state index contributed by atoms with van der Waals surface area (Å²) >= 11 is 13.6. The first-order chi connectivity index (χ1) is 17.2. The molecule has 3 nitrogen and oxygen atoms in total. The Morgan fingerprint density at radius 1 is 0.657 bits per heavy atom. The summed E-state index contributed by atoms with van der Waals surface area (Å²) in [5.41, 5.74) is 5.25. The number of hydrogen-bond acceptors (Lipinski definition) is 4. The Kier molecular flexibility index (Phi) is 7.63. The average Bonchev–Trinajstić information content (AvgIpc) is 2.90. The smallest absolute Gasteiger partial charge is 0.0730 e. The lowest BCUT2D eigenvalue weighted by Crippen LogP contribution is -2.27. The second kappa shape index (κ2) is 11.2. The van der Waals surface area contributed by atoms with Crippen LogP contribution < -0.4 is 10.2 Å². The number of nitrogens with zero attached hydrogens (tertiary/aromatic N) is 2. The van der Waals surface area contributed by atoms with Crippen LogP contribution in [-0.2, 0) is 0 Å². The molecule has 176 valence electrons. The van der Waals surface area contributed by atoms with Crippen LogP contribution in [-0.4, -0.2) is 29.8 Å². The molecular formula is C29H25Cl2N3S. The van der Waals surface area contributed by atoms with Crippen molar-refractivity contribution in [2.24, 2.45) is 0 Å². The highest BCUT2D eigenvalue weighted by molar-refractivity contribution is 7.99. The number of hydrogen-bond donors (Lipinski definition) is 1. The van der Waals surface area contributed by atoms with Crippen LogP contribution in [0.1, 0.15) is 0 Å². The normalized spacial score (nSPS) is 11.1. The minimum atomic E-state index is 0.582. The third kappa shape index (κ3) is 5.51. The van der Waals surface area contributed by atoms with Crippen LogP contribution in [0, 0.1) is 0 Å². The highest BCUT2D eigenvalue weighted by atomic mass is 35.5. The lowest BCUT2D eigenvalue weighted by Gasteiger charge is -2.23. The summed E-state index contributed by atoms with van der Waals surface area (Å²) in [6, 6.07) is 33.6. The molecule has 1 heterocycles. The predicted molar refractivity (Wildman–Crippen MR) is 153 cm³/mol. The summed E-state index contributed by atoms with van der Waals surface area (Å²) < 4.78 is 0. The molecule has 0 bridgehead atoms. The summed E-state index contributed by atoms with van der Waals surface area (Å²) in [7, 11) is 0. The first-order valence-electron chi connectivity index (χ1n) is 11.5. The molecule has 0 amide bonds. The van der Waals surface area contributed by atoms with Crippen molar-refractivity contribution < 1.29 is 0 Å². The summed E-state index contributed by atoms with van der Waals surface area (Å²) in [4.78, 5) is 9.41. The van der Waals surface area contributed by atoms with E-state index in [2.05, 4.69) is 95.1 Å². The minimum Gasteiger partial charge on any atom is -0.369 e. The van der Waals surface area contributed by atoms with Gasteiger partial charge in [-0.2, -0.15) is 0 Å². The van der Waals surface area contributed by atoms with Gasteiger partial charge in [-0.25, -0.2) is 4.98 Å². The molecule has 0 saturated heterocycles. The van der Waals surface area contributed by atoms with Crippen LogP contribution in [0.25, 0.3) is 21.8 Å². The van der Waals surface area contributed by atoms with Gasteiger partial charge < -0.3 is 10.2 Å². The molecule has 0 aliphatic heterocycles. The number of rotatable bonds is 9. The van der Waals surface area contributed by atoms with Gasteiger partial charge in [-0.1, -0.05) is 48.2 Å². The molecule has 0 unspecified atom stereocenters. The van der Waals surface area contributed by atoms with E-state index in [9.17, 15) is 0 Å². The summed E-state index contributed by atoms with van der Waals surface area (Å²) in [5.74, 6) is 1.16. The van der Waals surface area contributed by atoms with E-state index in [-0.39, 0.29) is 0 Å². The number of aromatic nitrogens is 1. The second-order valence-corrected chi connectivity index (χ2v) is 10.0. The molecule has 0 spiro atoms. The molecule has 6 heteroatoms. The number of para-hydroxylation sites is 2. The Morgan fingerprint density at radius 2 is 1.17 bits per heavy atom. The quantitative estimate of drug-likeness (QED) is 0.156. The number of nitrogens with one attached hydrogen (secondary N) is 1. The van der Waals surface area contributed by atoms with E-state index in [1.165, 1.54) is 9.79 Å². The molecule has 0 aliphatic rings. The third-order valence-corrected chi connectivity index (χ3v) is 7.21. The number of halogens is 2. The Labute approximate surface area is 220 Å². The van der Waals surface area contributed by atoms with Crippen molar-refractivity contribution in [1.82, 2.24) is 4.98 Å². The van der Waals surface area contributed by atoms with Crippen LogP contribution in [0.2, 0.25) is 0 Å². The molecule has 1 N–H and O–H groups in total. The Balaban J connectivity index is 1.34. The molecule has 1 aromatic heterocycles. The molecule has 0 aliphatic carbocycles. The van der Waals surface area contributed by atoms with Gasteiger partial charge in [-0.05, 0) is 60.7 Å². The molecule has 0 fully saturated rings. The molecular weight excluding hydrogens is 493 g/mol. The standard InChI is InChI=1S/C29H25Cl2N3S/c30-17-19-34(20-18-31)22-11-15-24(16-12-22)35-23-13-9-21(10-14-23)32-29-25-5-1-3-7-27(25)33-28-8-4-2-6-26(28)29/h1-16H,17-20H2,(H,32,33). The maximum absolute atomic E-state index is 5.94. The van der Waals surface area contributed by atoms with E-state index in [1.807, 2.05) is 12.1 Å². The van der Waals surface area contributed by atoms with Crippen molar-refractivity contribution in [3.05, 3.63) is 97.1 Å². The van der Waals surface area contributed by atoms with E-state index in [1.54, 1.807) is 11.8 Å². The van der Waals surface area contributed by atoms with Crippen molar-refractivity contribution in [3.63, 3.8) is 0 Å². The van der Waals surface area contributed by atoms with Gasteiger partial charge in [-0.3, -0.25) is 0 Å². The SMILES string of the molecule is ClCCN(CCCl)c1ccc(Sc2ccc(Nc3c4ccccc4nc4ccccc34)cc2)cc1. The van der Waals surface area contributed by atoms with E-state index in [4.69, 9.17) is 28.2 Å². The highest BCUT2D eigenvalue weighted by Crippen LogP contribution is 2.34. The molecule has 4 aromatic carbocycles. The summed E-state index contributed by atoms with van der Waals surface area (Å²) in [6.45, 7) is 1.58. The van der Waals surface area contributed by atoms with E-state index < -0.39 is 0 Å². The number of benzene rings is 4. The lowest BCUT2D eigenvalue weighted by molar-refractivity contribution is 0.873. The van der Waals surface area contributed by atoms with Gasteiger partial charge in [0.25, 0.3) is 0 Å². The van der Waals surface area contributed by atoms with E-state index in [0.29, 0.717) is 11.8 Å². The van der Waals surface area contributed by atoms with Gasteiger partial charge in [0.2, 0.25) is 0 Å². The van der Waals surface area contributed by atoms with Crippen LogP contribution in [0.4, 0.5) is 17.1 Å².